The van der Waals surface area contributed by atoms with E-state index in [2.05, 4.69) is 39.5 Å². The number of aromatic nitrogens is 1. The molecule has 0 saturated carbocycles. The number of aliphatic imine (C=N–C) groups is 1. The van der Waals surface area contributed by atoms with E-state index < -0.39 is 0 Å². The van der Waals surface area contributed by atoms with E-state index in [1.54, 1.807) is 18.4 Å². The Labute approximate surface area is 153 Å². The molecule has 1 fully saturated rings. The van der Waals surface area contributed by atoms with Crippen molar-refractivity contribution in [3.8, 4) is 0 Å². The van der Waals surface area contributed by atoms with Gasteiger partial charge in [0, 0.05) is 37.8 Å². The van der Waals surface area contributed by atoms with Crippen LogP contribution in [0.15, 0.2) is 11.2 Å². The highest BCUT2D eigenvalue weighted by molar-refractivity contribution is 14.0. The monoisotopic (exact) mass is 439 g/mol. The van der Waals surface area contributed by atoms with Crippen LogP contribution in [0, 0.1) is 0 Å². The zero-order chi connectivity index (χ0) is 15.1. The van der Waals surface area contributed by atoms with Gasteiger partial charge in [-0.1, -0.05) is 6.92 Å². The van der Waals surface area contributed by atoms with Crippen LogP contribution >= 0.6 is 35.3 Å². The first kappa shape index (κ1) is 19.6. The molecule has 126 valence electrons. The summed E-state index contributed by atoms with van der Waals surface area (Å²) in [4.78, 5) is 12.2. The number of aryl methyl sites for hydroxylation is 1. The first-order chi connectivity index (χ1) is 10.2. The van der Waals surface area contributed by atoms with Gasteiger partial charge in [0.1, 0.15) is 5.01 Å². The van der Waals surface area contributed by atoms with Gasteiger partial charge in [-0.25, -0.2) is 4.98 Å². The molecule has 0 bridgehead atoms. The van der Waals surface area contributed by atoms with Crippen LogP contribution in [0.2, 0.25) is 0 Å². The number of likely N-dealkylation sites (N-methyl/N-ethyl adjacent to an activating group) is 1. The quantitative estimate of drug-likeness (QED) is 0.412. The van der Waals surface area contributed by atoms with Gasteiger partial charge in [-0.3, -0.25) is 4.99 Å². The van der Waals surface area contributed by atoms with E-state index in [0.29, 0.717) is 6.54 Å². The number of hydrogen-bond donors (Lipinski definition) is 2. The lowest BCUT2D eigenvalue weighted by atomic mass is 10.3. The van der Waals surface area contributed by atoms with E-state index in [1.165, 1.54) is 4.88 Å². The summed E-state index contributed by atoms with van der Waals surface area (Å²) in [7, 11) is 3.90. The largest absolute Gasteiger partial charge is 0.374 e. The fourth-order valence-electron chi connectivity index (χ4n) is 2.17. The summed E-state index contributed by atoms with van der Waals surface area (Å²) in [5.41, 5.74) is 0. The maximum Gasteiger partial charge on any atom is 0.191 e. The van der Waals surface area contributed by atoms with Crippen molar-refractivity contribution in [3.05, 3.63) is 16.1 Å². The lowest BCUT2D eigenvalue weighted by molar-refractivity contribution is -0.0161. The van der Waals surface area contributed by atoms with Gasteiger partial charge in [0.2, 0.25) is 0 Å². The van der Waals surface area contributed by atoms with Crippen molar-refractivity contribution in [3.63, 3.8) is 0 Å². The van der Waals surface area contributed by atoms with E-state index in [1.807, 2.05) is 6.20 Å². The van der Waals surface area contributed by atoms with Crippen LogP contribution in [0.3, 0.4) is 0 Å². The molecule has 0 spiro atoms. The smallest absolute Gasteiger partial charge is 0.191 e. The summed E-state index contributed by atoms with van der Waals surface area (Å²) < 4.78 is 5.73. The number of nitrogens with zero attached hydrogens (tertiary/aromatic N) is 3. The van der Waals surface area contributed by atoms with Crippen molar-refractivity contribution in [1.29, 1.82) is 0 Å². The van der Waals surface area contributed by atoms with E-state index in [0.717, 1.165) is 43.6 Å². The molecule has 22 heavy (non-hydrogen) atoms. The van der Waals surface area contributed by atoms with Crippen LogP contribution in [-0.2, 0) is 17.7 Å². The van der Waals surface area contributed by atoms with Gasteiger partial charge in [0.25, 0.3) is 0 Å². The molecule has 1 aliphatic heterocycles. The van der Waals surface area contributed by atoms with Gasteiger partial charge < -0.3 is 20.3 Å². The fraction of sp³-hybridized carbons (Fsp3) is 0.714. The van der Waals surface area contributed by atoms with Crippen molar-refractivity contribution in [2.45, 2.75) is 26.0 Å². The van der Waals surface area contributed by atoms with E-state index in [-0.39, 0.29) is 30.1 Å². The highest BCUT2D eigenvalue weighted by Gasteiger charge is 2.17. The Morgan fingerprint density at radius 1 is 1.55 bits per heavy atom. The van der Waals surface area contributed by atoms with Gasteiger partial charge in [-0.15, -0.1) is 35.3 Å². The number of rotatable bonds is 5. The third kappa shape index (κ3) is 6.35. The zero-order valence-corrected chi connectivity index (χ0v) is 16.6. The van der Waals surface area contributed by atoms with Gasteiger partial charge >= 0.3 is 0 Å². The number of guanidine groups is 1. The Kier molecular flexibility index (Phi) is 9.22. The van der Waals surface area contributed by atoms with Crippen LogP contribution in [0.4, 0.5) is 0 Å². The highest BCUT2D eigenvalue weighted by atomic mass is 127. The number of ether oxygens (including phenoxy) is 1. The van der Waals surface area contributed by atoms with Gasteiger partial charge in [0.15, 0.2) is 5.96 Å². The summed E-state index contributed by atoms with van der Waals surface area (Å²) in [6.07, 6.45) is 3.20. The van der Waals surface area contributed by atoms with Crippen LogP contribution in [0.1, 0.15) is 16.8 Å². The van der Waals surface area contributed by atoms with Crippen molar-refractivity contribution in [1.82, 2.24) is 20.5 Å². The number of nitrogens with one attached hydrogen (secondary N) is 2. The van der Waals surface area contributed by atoms with Gasteiger partial charge in [-0.2, -0.15) is 0 Å². The molecule has 1 saturated heterocycles. The topological polar surface area (TPSA) is 61.8 Å². The number of thiazole rings is 1. The molecule has 0 aliphatic carbocycles. The molecule has 8 heteroatoms. The van der Waals surface area contributed by atoms with Crippen LogP contribution in [0.25, 0.3) is 0 Å². The fourth-order valence-corrected chi connectivity index (χ4v) is 2.98. The molecule has 1 aliphatic rings. The Balaban J connectivity index is 0.00000242. The Hall–Kier alpha value is -0.450. The maximum absolute atomic E-state index is 5.73. The van der Waals surface area contributed by atoms with Gasteiger partial charge in [-0.05, 0) is 13.5 Å². The third-order valence-corrected chi connectivity index (χ3v) is 4.56. The zero-order valence-electron chi connectivity index (χ0n) is 13.5. The first-order valence-electron chi connectivity index (χ1n) is 7.39. The van der Waals surface area contributed by atoms with Crippen molar-refractivity contribution >= 4 is 41.3 Å². The molecule has 0 radical (unpaired) electrons. The summed E-state index contributed by atoms with van der Waals surface area (Å²) >= 11 is 1.74. The molecule has 1 aromatic rings. The molecule has 2 heterocycles. The minimum atomic E-state index is 0. The third-order valence-electron chi connectivity index (χ3n) is 3.42. The summed E-state index contributed by atoms with van der Waals surface area (Å²) in [6, 6.07) is 0. The standard InChI is InChI=1S/C14H25N5OS.HI/c1-4-12-8-16-13(21-12)9-18-14(15-2)17-7-11-10-19(3)5-6-20-11;/h8,11H,4-7,9-10H2,1-3H3,(H2,15,17,18);1H. The molecular weight excluding hydrogens is 413 g/mol. The highest BCUT2D eigenvalue weighted by Crippen LogP contribution is 2.12. The average Bonchev–Trinajstić information content (AvgIpc) is 2.95. The van der Waals surface area contributed by atoms with E-state index >= 15 is 0 Å². The first-order valence-corrected chi connectivity index (χ1v) is 8.21. The number of morpholine rings is 1. The van der Waals surface area contributed by atoms with E-state index in [9.17, 15) is 0 Å². The summed E-state index contributed by atoms with van der Waals surface area (Å²) in [5, 5.41) is 7.69. The predicted molar refractivity (Wildman–Crippen MR) is 102 cm³/mol. The number of halogens is 1. The molecule has 0 aromatic carbocycles. The molecule has 2 N–H and O–H groups in total. The minimum Gasteiger partial charge on any atom is -0.374 e. The maximum atomic E-state index is 5.73. The predicted octanol–water partition coefficient (Wildman–Crippen LogP) is 1.32. The molecule has 1 unspecified atom stereocenters. The molecule has 1 atom stereocenters. The Bertz CT molecular complexity index is 468. The van der Waals surface area contributed by atoms with Crippen molar-refractivity contribution < 1.29 is 4.74 Å². The van der Waals surface area contributed by atoms with Crippen LogP contribution < -0.4 is 10.6 Å². The second kappa shape index (κ2) is 10.3. The lowest BCUT2D eigenvalue weighted by Gasteiger charge is -2.30. The molecule has 0 amide bonds. The second-order valence-electron chi connectivity index (χ2n) is 5.14. The molecule has 6 nitrogen and oxygen atoms in total. The van der Waals surface area contributed by atoms with Crippen LogP contribution in [-0.4, -0.2) is 62.3 Å². The van der Waals surface area contributed by atoms with Gasteiger partial charge in [0.05, 0.1) is 19.3 Å². The SMILES string of the molecule is CCc1cnc(CNC(=NC)NCC2CN(C)CCO2)s1.I. The average molecular weight is 439 g/mol. The second-order valence-corrected chi connectivity index (χ2v) is 6.34. The molecule has 1 aromatic heterocycles. The van der Waals surface area contributed by atoms with Crippen LogP contribution in [0.5, 0.6) is 0 Å². The summed E-state index contributed by atoms with van der Waals surface area (Å²) in [5.74, 6) is 0.792. The normalized spacial score (nSPS) is 19.6. The Morgan fingerprint density at radius 2 is 2.36 bits per heavy atom. The van der Waals surface area contributed by atoms with E-state index in [4.69, 9.17) is 4.74 Å². The molecule has 2 rings (SSSR count). The molecular formula is C14H26IN5OS. The lowest BCUT2D eigenvalue weighted by Crippen LogP contribution is -2.48. The number of hydrogen-bond acceptors (Lipinski definition) is 5. The van der Waals surface area contributed by atoms with Crippen molar-refractivity contribution in [2.24, 2.45) is 4.99 Å². The van der Waals surface area contributed by atoms with Crippen molar-refractivity contribution in [2.75, 3.05) is 40.3 Å². The minimum absolute atomic E-state index is 0. The Morgan fingerprint density at radius 3 is 3.00 bits per heavy atom. The summed E-state index contributed by atoms with van der Waals surface area (Å²) in [6.45, 7) is 6.38.